The predicted molar refractivity (Wildman–Crippen MR) is 130 cm³/mol. The van der Waals surface area contributed by atoms with E-state index in [2.05, 4.69) is 46.7 Å². The topological polar surface area (TPSA) is 76.5 Å². The number of hydrogen-bond acceptors (Lipinski definition) is 3. The molecule has 0 aliphatic rings. The molecule has 152 valence electrons. The minimum Gasteiger partial charge on any atom is -0.389 e. The summed E-state index contributed by atoms with van der Waals surface area (Å²) < 4.78 is 0. The Bertz CT molecular complexity index is 1100. The Balaban J connectivity index is 2.04. The molecular weight excluding hydrogens is 400 g/mol. The van der Waals surface area contributed by atoms with E-state index in [9.17, 15) is 0 Å². The van der Waals surface area contributed by atoms with Crippen LogP contribution in [0.5, 0.6) is 0 Å². The zero-order valence-electron chi connectivity index (χ0n) is 16.9. The van der Waals surface area contributed by atoms with Crippen LogP contribution in [-0.4, -0.2) is 16.2 Å². The molecule has 0 saturated heterocycles. The highest BCUT2D eigenvalue weighted by atomic mass is 32.1. The lowest BCUT2D eigenvalue weighted by molar-refractivity contribution is -0.104. The molecule has 0 atom stereocenters. The van der Waals surface area contributed by atoms with Crippen LogP contribution in [0.3, 0.4) is 0 Å². The Morgan fingerprint density at radius 1 is 0.806 bits per heavy atom. The van der Waals surface area contributed by atoms with Crippen LogP contribution in [0.15, 0.2) is 103 Å². The van der Waals surface area contributed by atoms with Crippen molar-refractivity contribution >= 4 is 29.2 Å². The van der Waals surface area contributed by atoms with Gasteiger partial charge in [0.2, 0.25) is 0 Å². The van der Waals surface area contributed by atoms with Crippen LogP contribution in [0.2, 0.25) is 0 Å². The number of hydrogen-bond donors (Lipinski definition) is 3. The highest BCUT2D eigenvalue weighted by Gasteiger charge is 2.37. The van der Waals surface area contributed by atoms with Crippen LogP contribution in [-0.2, 0) is 5.54 Å². The molecule has 4 aromatic rings. The summed E-state index contributed by atoms with van der Waals surface area (Å²) in [6, 6.07) is 32.7. The van der Waals surface area contributed by atoms with Gasteiger partial charge >= 0.3 is 0 Å². The molecule has 5 heteroatoms. The summed E-state index contributed by atoms with van der Waals surface area (Å²) in [7, 11) is 0. The number of rotatable bonds is 7. The predicted octanol–water partition coefficient (Wildman–Crippen LogP) is 3.30. The van der Waals surface area contributed by atoms with E-state index in [1.807, 2.05) is 54.6 Å². The van der Waals surface area contributed by atoms with Gasteiger partial charge in [-0.25, -0.2) is 4.98 Å². The number of nitrogens with one attached hydrogen (secondary N) is 1. The zero-order valence-corrected chi connectivity index (χ0v) is 17.7. The fraction of sp³-hybridized carbons (Fsp3) is 0.0385. The Morgan fingerprint density at radius 3 is 1.65 bits per heavy atom. The van der Waals surface area contributed by atoms with Crippen LogP contribution in [0.25, 0.3) is 0 Å². The minimum absolute atomic E-state index is 0.270. The highest BCUT2D eigenvalue weighted by molar-refractivity contribution is 7.80. The summed E-state index contributed by atoms with van der Waals surface area (Å²) in [6.45, 7) is 0. The molecule has 0 aliphatic heterocycles. The standard InChI is InChI=1S/C26H22N4S/c27-18-23-22(24(28)31)16-17-29-25(23)30-26(19-10-4-1-5-11-19,20-12-6-2-7-13-20)21-14-8-3-9-15-21/h1-18,27H,(H2,28,31)(H,29,30)/p+1. The summed E-state index contributed by atoms with van der Waals surface area (Å²) in [5, 5.41) is 9.72. The lowest BCUT2D eigenvalue weighted by Crippen LogP contribution is -2.40. The molecule has 0 bridgehead atoms. The second kappa shape index (κ2) is 8.90. The highest BCUT2D eigenvalue weighted by Crippen LogP contribution is 2.40. The van der Waals surface area contributed by atoms with Crippen molar-refractivity contribution in [3.8, 4) is 0 Å². The number of pyridine rings is 1. The molecule has 31 heavy (non-hydrogen) atoms. The van der Waals surface area contributed by atoms with Crippen molar-refractivity contribution in [1.82, 2.24) is 4.98 Å². The van der Waals surface area contributed by atoms with E-state index in [1.165, 1.54) is 6.21 Å². The summed E-state index contributed by atoms with van der Waals surface area (Å²) >= 11 is 5.24. The van der Waals surface area contributed by atoms with Gasteiger partial charge in [-0.3, -0.25) is 5.41 Å². The molecule has 5 N–H and O–H groups in total. The van der Waals surface area contributed by atoms with Crippen molar-refractivity contribution in [1.29, 1.82) is 0 Å². The van der Waals surface area contributed by atoms with Gasteiger partial charge < -0.3 is 11.1 Å². The van der Waals surface area contributed by atoms with Gasteiger partial charge in [0.25, 0.3) is 0 Å². The molecule has 0 spiro atoms. The van der Waals surface area contributed by atoms with Crippen molar-refractivity contribution < 1.29 is 5.41 Å². The van der Waals surface area contributed by atoms with Crippen LogP contribution < -0.4 is 16.5 Å². The summed E-state index contributed by atoms with van der Waals surface area (Å²) in [5.41, 5.74) is 9.79. The first-order valence-electron chi connectivity index (χ1n) is 9.95. The Labute approximate surface area is 187 Å². The zero-order chi connectivity index (χ0) is 21.7. The Morgan fingerprint density at radius 2 is 1.26 bits per heavy atom. The van der Waals surface area contributed by atoms with Crippen LogP contribution in [0.4, 0.5) is 5.82 Å². The monoisotopic (exact) mass is 423 g/mol. The molecule has 4 nitrogen and oxygen atoms in total. The minimum atomic E-state index is -0.719. The summed E-state index contributed by atoms with van der Waals surface area (Å²) in [4.78, 5) is 4.89. The largest absolute Gasteiger partial charge is 0.389 e. The number of benzene rings is 3. The van der Waals surface area contributed by atoms with Gasteiger partial charge in [-0.15, -0.1) is 0 Å². The third kappa shape index (κ3) is 3.83. The van der Waals surface area contributed by atoms with E-state index >= 15 is 0 Å². The Kier molecular flexibility index (Phi) is 5.87. The molecule has 1 heterocycles. The quantitative estimate of drug-likeness (QED) is 0.242. The van der Waals surface area contributed by atoms with Gasteiger partial charge in [0.15, 0.2) is 6.21 Å². The van der Waals surface area contributed by atoms with Crippen LogP contribution in [0, 0.1) is 0 Å². The van der Waals surface area contributed by atoms with Crippen molar-refractivity contribution in [3.05, 3.63) is 131 Å². The van der Waals surface area contributed by atoms with E-state index in [0.717, 1.165) is 16.7 Å². The maximum absolute atomic E-state index is 6.00. The Hall–Kier alpha value is -3.83. The van der Waals surface area contributed by atoms with Crippen molar-refractivity contribution in [2.75, 3.05) is 5.32 Å². The first-order valence-corrected chi connectivity index (χ1v) is 10.4. The lowest BCUT2D eigenvalue weighted by Gasteiger charge is -2.37. The van der Waals surface area contributed by atoms with Gasteiger partial charge in [0.05, 0.1) is 5.56 Å². The normalized spacial score (nSPS) is 11.0. The second-order valence-electron chi connectivity index (χ2n) is 7.12. The fourth-order valence-electron chi connectivity index (χ4n) is 3.91. The van der Waals surface area contributed by atoms with Gasteiger partial charge in [-0.2, -0.15) is 0 Å². The van der Waals surface area contributed by atoms with Crippen molar-refractivity contribution in [2.24, 2.45) is 5.73 Å². The molecule has 1 aromatic heterocycles. The molecule has 0 unspecified atom stereocenters. The second-order valence-corrected chi connectivity index (χ2v) is 7.56. The molecular formula is C26H23N4S+. The van der Waals surface area contributed by atoms with Crippen molar-refractivity contribution in [2.45, 2.75) is 5.54 Å². The third-order valence-corrected chi connectivity index (χ3v) is 5.57. The van der Waals surface area contributed by atoms with E-state index in [-0.39, 0.29) is 4.99 Å². The fourth-order valence-corrected chi connectivity index (χ4v) is 4.09. The summed E-state index contributed by atoms with van der Waals surface area (Å²) in [5.74, 6) is 0.601. The number of anilines is 1. The van der Waals surface area contributed by atoms with E-state index in [0.29, 0.717) is 16.9 Å². The molecule has 0 aliphatic carbocycles. The average Bonchev–Trinajstić information content (AvgIpc) is 2.84. The lowest BCUT2D eigenvalue weighted by atomic mass is 9.77. The molecule has 4 rings (SSSR count). The van der Waals surface area contributed by atoms with Crippen LogP contribution in [0.1, 0.15) is 27.8 Å². The average molecular weight is 424 g/mol. The van der Waals surface area contributed by atoms with E-state index in [1.54, 1.807) is 12.3 Å². The van der Waals surface area contributed by atoms with Gasteiger partial charge in [0.1, 0.15) is 16.3 Å². The van der Waals surface area contributed by atoms with Crippen molar-refractivity contribution in [3.63, 3.8) is 0 Å². The van der Waals surface area contributed by atoms with E-state index in [4.69, 9.17) is 23.4 Å². The first-order chi connectivity index (χ1) is 15.2. The maximum atomic E-state index is 6.00. The van der Waals surface area contributed by atoms with E-state index < -0.39 is 5.54 Å². The smallest absolute Gasteiger partial charge is 0.171 e. The van der Waals surface area contributed by atoms with Gasteiger partial charge in [0, 0.05) is 11.8 Å². The number of aromatic nitrogens is 1. The summed E-state index contributed by atoms with van der Waals surface area (Å²) in [6.07, 6.45) is 3.19. The molecule has 3 aromatic carbocycles. The van der Waals surface area contributed by atoms with Gasteiger partial charge in [-0.1, -0.05) is 103 Å². The SMILES string of the molecule is NC(=S)c1ccnc(NC(c2ccccc2)(c2ccccc2)c2ccccc2)c1C=[NH2+]. The van der Waals surface area contributed by atoms with Gasteiger partial charge in [-0.05, 0) is 22.8 Å². The third-order valence-electron chi connectivity index (χ3n) is 5.35. The number of nitrogens with zero attached hydrogens (tertiary/aromatic N) is 1. The first kappa shape index (κ1) is 20.4. The molecule has 0 radical (unpaired) electrons. The number of thiocarbonyl (C=S) groups is 1. The molecule has 0 fully saturated rings. The van der Waals surface area contributed by atoms with Crippen LogP contribution >= 0.6 is 12.2 Å². The number of nitrogens with two attached hydrogens (primary N) is 2. The molecule has 0 saturated carbocycles. The molecule has 0 amide bonds. The maximum Gasteiger partial charge on any atom is 0.171 e.